The second-order valence-electron chi connectivity index (χ2n) is 4.12. The summed E-state index contributed by atoms with van der Waals surface area (Å²) < 4.78 is 25.7. The summed E-state index contributed by atoms with van der Waals surface area (Å²) in [6.07, 6.45) is 3.51. The number of halogens is 2. The molecule has 1 heterocycles. The number of anilines is 1. The van der Waals surface area contributed by atoms with Crippen LogP contribution in [0.25, 0.3) is 0 Å². The topological polar surface area (TPSA) is 28.2 Å². The van der Waals surface area contributed by atoms with Crippen LogP contribution in [0, 0.1) is 11.6 Å². The largest absolute Gasteiger partial charge is 0.366 e. The van der Waals surface area contributed by atoms with E-state index in [9.17, 15) is 8.78 Å². The SMILES string of the molecule is CN(CCNc1ncc(F)cc1F)C1CC1. The molecule has 0 unspecified atom stereocenters. The molecular weight excluding hydrogens is 212 g/mol. The minimum atomic E-state index is -0.654. The van der Waals surface area contributed by atoms with Crippen molar-refractivity contribution in [2.45, 2.75) is 18.9 Å². The Morgan fingerprint density at radius 2 is 2.25 bits per heavy atom. The highest BCUT2D eigenvalue weighted by molar-refractivity contribution is 5.35. The average Bonchev–Trinajstić information content (AvgIpc) is 3.04. The maximum absolute atomic E-state index is 13.2. The molecule has 1 fully saturated rings. The van der Waals surface area contributed by atoms with Crippen LogP contribution in [0.1, 0.15) is 12.8 Å². The fourth-order valence-corrected chi connectivity index (χ4v) is 1.59. The Labute approximate surface area is 93.5 Å². The predicted octanol–water partition coefficient (Wildman–Crippen LogP) is 1.87. The third kappa shape index (κ3) is 2.88. The van der Waals surface area contributed by atoms with Crippen molar-refractivity contribution >= 4 is 5.82 Å². The van der Waals surface area contributed by atoms with Gasteiger partial charge in [-0.2, -0.15) is 0 Å². The molecule has 1 aromatic rings. The molecule has 0 aliphatic heterocycles. The lowest BCUT2D eigenvalue weighted by molar-refractivity contribution is 0.337. The van der Waals surface area contributed by atoms with Gasteiger partial charge in [0.05, 0.1) is 6.20 Å². The van der Waals surface area contributed by atoms with Crippen LogP contribution < -0.4 is 5.32 Å². The zero-order chi connectivity index (χ0) is 11.5. The van der Waals surface area contributed by atoms with E-state index >= 15 is 0 Å². The number of nitrogens with zero attached hydrogens (tertiary/aromatic N) is 2. The molecule has 1 aromatic heterocycles. The van der Waals surface area contributed by atoms with E-state index in [1.165, 1.54) is 12.8 Å². The number of rotatable bonds is 5. The molecule has 0 saturated heterocycles. The van der Waals surface area contributed by atoms with E-state index in [2.05, 4.69) is 15.2 Å². The third-order valence-electron chi connectivity index (χ3n) is 2.73. The van der Waals surface area contributed by atoms with Crippen LogP contribution in [0.4, 0.5) is 14.6 Å². The molecule has 88 valence electrons. The third-order valence-corrected chi connectivity index (χ3v) is 2.73. The van der Waals surface area contributed by atoms with E-state index in [0.29, 0.717) is 12.6 Å². The van der Waals surface area contributed by atoms with Gasteiger partial charge in [-0.25, -0.2) is 13.8 Å². The summed E-state index contributed by atoms with van der Waals surface area (Å²) in [6, 6.07) is 1.52. The summed E-state index contributed by atoms with van der Waals surface area (Å²) >= 11 is 0. The second kappa shape index (κ2) is 4.74. The van der Waals surface area contributed by atoms with Gasteiger partial charge in [0.25, 0.3) is 0 Å². The molecule has 0 aromatic carbocycles. The summed E-state index contributed by atoms with van der Waals surface area (Å²) in [5, 5.41) is 2.86. The van der Waals surface area contributed by atoms with Gasteiger partial charge in [-0.05, 0) is 19.9 Å². The molecule has 1 saturated carbocycles. The first-order valence-corrected chi connectivity index (χ1v) is 5.42. The molecule has 0 spiro atoms. The molecule has 5 heteroatoms. The maximum atomic E-state index is 13.2. The van der Waals surface area contributed by atoms with E-state index < -0.39 is 11.6 Å². The molecule has 0 bridgehead atoms. The van der Waals surface area contributed by atoms with Gasteiger partial charge in [0.2, 0.25) is 0 Å². The van der Waals surface area contributed by atoms with Crippen molar-refractivity contribution < 1.29 is 8.78 Å². The summed E-state index contributed by atoms with van der Waals surface area (Å²) in [6.45, 7) is 1.45. The normalized spacial score (nSPS) is 15.5. The Morgan fingerprint density at radius 1 is 1.50 bits per heavy atom. The zero-order valence-electron chi connectivity index (χ0n) is 9.21. The Morgan fingerprint density at radius 3 is 2.88 bits per heavy atom. The summed E-state index contributed by atoms with van der Waals surface area (Å²) in [5.74, 6) is -1.18. The minimum Gasteiger partial charge on any atom is -0.366 e. The molecule has 1 N–H and O–H groups in total. The van der Waals surface area contributed by atoms with Gasteiger partial charge in [0, 0.05) is 25.2 Å². The molecular formula is C11H15F2N3. The van der Waals surface area contributed by atoms with Crippen LogP contribution in [-0.2, 0) is 0 Å². The first kappa shape index (κ1) is 11.3. The standard InChI is InChI=1S/C11H15F2N3/c1-16(9-2-3-9)5-4-14-11-10(13)6-8(12)7-15-11/h6-7,9H,2-5H2,1H3,(H,14,15). The highest BCUT2D eigenvalue weighted by atomic mass is 19.1. The van der Waals surface area contributed by atoms with Crippen molar-refractivity contribution in [1.29, 1.82) is 0 Å². The molecule has 3 nitrogen and oxygen atoms in total. The average molecular weight is 227 g/mol. The number of hydrogen-bond acceptors (Lipinski definition) is 3. The fourth-order valence-electron chi connectivity index (χ4n) is 1.59. The van der Waals surface area contributed by atoms with Crippen molar-refractivity contribution in [2.75, 3.05) is 25.5 Å². The van der Waals surface area contributed by atoms with Crippen molar-refractivity contribution in [2.24, 2.45) is 0 Å². The van der Waals surface area contributed by atoms with Gasteiger partial charge in [-0.1, -0.05) is 0 Å². The molecule has 2 rings (SSSR count). The van der Waals surface area contributed by atoms with Crippen LogP contribution >= 0.6 is 0 Å². The van der Waals surface area contributed by atoms with E-state index in [1.54, 1.807) is 0 Å². The lowest BCUT2D eigenvalue weighted by Crippen LogP contribution is -2.27. The number of nitrogens with one attached hydrogen (secondary N) is 1. The van der Waals surface area contributed by atoms with E-state index in [-0.39, 0.29) is 5.82 Å². The molecule has 16 heavy (non-hydrogen) atoms. The second-order valence-corrected chi connectivity index (χ2v) is 4.12. The smallest absolute Gasteiger partial charge is 0.168 e. The van der Waals surface area contributed by atoms with Gasteiger partial charge >= 0.3 is 0 Å². The number of hydrogen-bond donors (Lipinski definition) is 1. The number of likely N-dealkylation sites (N-methyl/N-ethyl adjacent to an activating group) is 1. The van der Waals surface area contributed by atoms with E-state index in [0.717, 1.165) is 18.8 Å². The van der Waals surface area contributed by atoms with Crippen molar-refractivity contribution in [3.63, 3.8) is 0 Å². The minimum absolute atomic E-state index is 0.116. The van der Waals surface area contributed by atoms with Crippen LogP contribution in [-0.4, -0.2) is 36.1 Å². The number of pyridine rings is 1. The Hall–Kier alpha value is -1.23. The Kier molecular flexibility index (Phi) is 3.33. The van der Waals surface area contributed by atoms with Gasteiger partial charge in [0.15, 0.2) is 11.6 Å². The van der Waals surface area contributed by atoms with E-state index in [1.807, 2.05) is 7.05 Å². The molecule has 0 atom stereocenters. The highest BCUT2D eigenvalue weighted by Crippen LogP contribution is 2.24. The Balaban J connectivity index is 1.80. The van der Waals surface area contributed by atoms with Gasteiger partial charge < -0.3 is 10.2 Å². The zero-order valence-corrected chi connectivity index (χ0v) is 9.21. The molecule has 0 radical (unpaired) electrons. The van der Waals surface area contributed by atoms with Gasteiger partial charge in [0.1, 0.15) is 5.82 Å². The van der Waals surface area contributed by atoms with Crippen LogP contribution in [0.5, 0.6) is 0 Å². The summed E-state index contributed by atoms with van der Waals surface area (Å²) in [5.41, 5.74) is 0. The first-order valence-electron chi connectivity index (χ1n) is 5.42. The van der Waals surface area contributed by atoms with Crippen LogP contribution in [0.2, 0.25) is 0 Å². The van der Waals surface area contributed by atoms with Crippen LogP contribution in [0.3, 0.4) is 0 Å². The quantitative estimate of drug-likeness (QED) is 0.832. The molecule has 1 aliphatic rings. The van der Waals surface area contributed by atoms with Gasteiger partial charge in [-0.3, -0.25) is 0 Å². The monoisotopic (exact) mass is 227 g/mol. The predicted molar refractivity (Wildman–Crippen MR) is 58.3 cm³/mol. The fraction of sp³-hybridized carbons (Fsp3) is 0.545. The lowest BCUT2D eigenvalue weighted by Gasteiger charge is -2.16. The highest BCUT2D eigenvalue weighted by Gasteiger charge is 2.25. The van der Waals surface area contributed by atoms with Gasteiger partial charge in [-0.15, -0.1) is 0 Å². The Bertz CT molecular complexity index is 366. The summed E-state index contributed by atoms with van der Waals surface area (Å²) in [4.78, 5) is 5.89. The molecule has 1 aliphatic carbocycles. The first-order chi connectivity index (χ1) is 7.66. The van der Waals surface area contributed by atoms with E-state index in [4.69, 9.17) is 0 Å². The number of aromatic nitrogens is 1. The summed E-state index contributed by atoms with van der Waals surface area (Å²) in [7, 11) is 2.05. The maximum Gasteiger partial charge on any atom is 0.168 e. The van der Waals surface area contributed by atoms with Crippen molar-refractivity contribution in [1.82, 2.24) is 9.88 Å². The van der Waals surface area contributed by atoms with Crippen LogP contribution in [0.15, 0.2) is 12.3 Å². The molecule has 0 amide bonds. The van der Waals surface area contributed by atoms with Crippen molar-refractivity contribution in [3.8, 4) is 0 Å². The van der Waals surface area contributed by atoms with Crippen molar-refractivity contribution in [3.05, 3.63) is 23.9 Å². The lowest BCUT2D eigenvalue weighted by atomic mass is 10.4.